The Morgan fingerprint density at radius 3 is 2.71 bits per heavy atom. The molecule has 0 radical (unpaired) electrons. The summed E-state index contributed by atoms with van der Waals surface area (Å²) in [5, 5.41) is 12.5. The van der Waals surface area contributed by atoms with Crippen LogP contribution in [0.4, 0.5) is 8.78 Å². The monoisotopic (exact) mass is 303 g/mol. The fraction of sp³-hybridized carbons (Fsp3) is 0.600. The summed E-state index contributed by atoms with van der Waals surface area (Å²) in [4.78, 5) is 0. The van der Waals surface area contributed by atoms with Gasteiger partial charge in [0.2, 0.25) is 0 Å². The minimum Gasteiger partial charge on any atom is -0.389 e. The average Bonchev–Trinajstić information content (AvgIpc) is 2.42. The zero-order chi connectivity index (χ0) is 15.7. The molecule has 0 aliphatic rings. The van der Waals surface area contributed by atoms with Crippen LogP contribution in [0.5, 0.6) is 0 Å². The lowest BCUT2D eigenvalue weighted by Crippen LogP contribution is -2.30. The molecule has 1 atom stereocenters. The van der Waals surface area contributed by atoms with Gasteiger partial charge in [-0.2, -0.15) is 0 Å². The van der Waals surface area contributed by atoms with E-state index >= 15 is 0 Å². The van der Waals surface area contributed by atoms with E-state index in [2.05, 4.69) is 5.32 Å². The molecule has 1 rings (SSSR count). The summed E-state index contributed by atoms with van der Waals surface area (Å²) in [7, 11) is 0. The molecule has 0 aliphatic heterocycles. The summed E-state index contributed by atoms with van der Waals surface area (Å²) in [5.41, 5.74) is 0.230. The molecule has 0 saturated carbocycles. The molecule has 0 aliphatic carbocycles. The maximum Gasteiger partial charge on any atom is 0.127 e. The first kappa shape index (κ1) is 18.0. The van der Waals surface area contributed by atoms with E-state index < -0.39 is 17.7 Å². The van der Waals surface area contributed by atoms with E-state index in [9.17, 15) is 13.9 Å². The van der Waals surface area contributed by atoms with Crippen molar-refractivity contribution in [1.82, 2.24) is 5.32 Å². The van der Waals surface area contributed by atoms with Gasteiger partial charge in [0.1, 0.15) is 11.6 Å². The van der Waals surface area contributed by atoms with Crippen molar-refractivity contribution in [2.75, 3.05) is 26.4 Å². The fourth-order valence-corrected chi connectivity index (χ4v) is 1.67. The van der Waals surface area contributed by atoms with Gasteiger partial charge in [0.15, 0.2) is 0 Å². The van der Waals surface area contributed by atoms with Crippen LogP contribution >= 0.6 is 0 Å². The highest BCUT2D eigenvalue weighted by molar-refractivity contribution is 5.18. The second kappa shape index (κ2) is 9.78. The number of rotatable bonds is 10. The molecule has 2 N–H and O–H groups in total. The molecule has 4 nitrogen and oxygen atoms in total. The summed E-state index contributed by atoms with van der Waals surface area (Å²) < 4.78 is 36.8. The van der Waals surface area contributed by atoms with Crippen LogP contribution in [0, 0.1) is 11.6 Å². The van der Waals surface area contributed by atoms with Crippen molar-refractivity contribution >= 4 is 0 Å². The molecule has 21 heavy (non-hydrogen) atoms. The van der Waals surface area contributed by atoms with Crippen LogP contribution in [0.2, 0.25) is 0 Å². The van der Waals surface area contributed by atoms with Gasteiger partial charge in [-0.15, -0.1) is 0 Å². The zero-order valence-electron chi connectivity index (χ0n) is 12.4. The van der Waals surface area contributed by atoms with Gasteiger partial charge in [0.25, 0.3) is 0 Å². The minimum atomic E-state index is -0.708. The SMILES string of the molecule is CC(C)OCCOCC(O)CNCc1cc(F)ccc1F. The van der Waals surface area contributed by atoms with Crippen LogP contribution in [-0.4, -0.2) is 43.7 Å². The molecule has 0 heterocycles. The second-order valence-electron chi connectivity index (χ2n) is 5.01. The molecular weight excluding hydrogens is 280 g/mol. The summed E-state index contributed by atoms with van der Waals surface area (Å²) in [6.45, 7) is 5.31. The largest absolute Gasteiger partial charge is 0.389 e. The topological polar surface area (TPSA) is 50.7 Å². The van der Waals surface area contributed by atoms with Crippen molar-refractivity contribution in [1.29, 1.82) is 0 Å². The van der Waals surface area contributed by atoms with Gasteiger partial charge >= 0.3 is 0 Å². The Balaban J connectivity index is 2.13. The number of hydrogen-bond donors (Lipinski definition) is 2. The van der Waals surface area contributed by atoms with Crippen LogP contribution in [0.15, 0.2) is 18.2 Å². The highest BCUT2D eigenvalue weighted by Crippen LogP contribution is 2.09. The molecule has 1 aromatic rings. The third-order valence-corrected chi connectivity index (χ3v) is 2.69. The number of nitrogens with one attached hydrogen (secondary N) is 1. The van der Waals surface area contributed by atoms with Gasteiger partial charge in [-0.3, -0.25) is 0 Å². The van der Waals surface area contributed by atoms with Crippen molar-refractivity contribution < 1.29 is 23.4 Å². The number of halogens is 2. The Labute approximate surface area is 124 Å². The Morgan fingerprint density at radius 2 is 2.00 bits per heavy atom. The summed E-state index contributed by atoms with van der Waals surface area (Å²) in [6, 6.07) is 3.29. The Hall–Kier alpha value is -1.08. The van der Waals surface area contributed by atoms with Crippen molar-refractivity contribution in [3.8, 4) is 0 Å². The van der Waals surface area contributed by atoms with Crippen molar-refractivity contribution in [2.45, 2.75) is 32.6 Å². The molecule has 1 unspecified atom stereocenters. The second-order valence-corrected chi connectivity index (χ2v) is 5.01. The van der Waals surface area contributed by atoms with Crippen molar-refractivity contribution in [3.63, 3.8) is 0 Å². The maximum atomic E-state index is 13.3. The highest BCUT2D eigenvalue weighted by Gasteiger charge is 2.07. The van der Waals surface area contributed by atoms with Gasteiger partial charge in [-0.05, 0) is 32.0 Å². The van der Waals surface area contributed by atoms with Crippen molar-refractivity contribution in [3.05, 3.63) is 35.4 Å². The first-order valence-corrected chi connectivity index (χ1v) is 7.01. The number of ether oxygens (including phenoxy) is 2. The fourth-order valence-electron chi connectivity index (χ4n) is 1.67. The number of aliphatic hydroxyl groups excluding tert-OH is 1. The molecule has 0 saturated heterocycles. The van der Waals surface area contributed by atoms with Crippen LogP contribution in [0.3, 0.4) is 0 Å². The lowest BCUT2D eigenvalue weighted by molar-refractivity contribution is -0.0100. The molecular formula is C15H23F2NO3. The Morgan fingerprint density at radius 1 is 1.24 bits per heavy atom. The molecule has 120 valence electrons. The van der Waals surface area contributed by atoms with Gasteiger partial charge in [-0.25, -0.2) is 8.78 Å². The van der Waals surface area contributed by atoms with Crippen LogP contribution in [0.25, 0.3) is 0 Å². The van der Waals surface area contributed by atoms with E-state index in [0.29, 0.717) is 13.2 Å². The molecule has 0 bridgehead atoms. The smallest absolute Gasteiger partial charge is 0.127 e. The first-order chi connectivity index (χ1) is 9.99. The predicted octanol–water partition coefficient (Wildman–Crippen LogP) is 1.86. The first-order valence-electron chi connectivity index (χ1n) is 7.01. The van der Waals surface area contributed by atoms with Crippen molar-refractivity contribution in [2.24, 2.45) is 0 Å². The molecule has 6 heteroatoms. The number of aliphatic hydroxyl groups is 1. The normalized spacial score (nSPS) is 12.9. The molecule has 1 aromatic carbocycles. The minimum absolute atomic E-state index is 0.150. The van der Waals surface area contributed by atoms with Gasteiger partial charge in [0.05, 0.1) is 32.0 Å². The van der Waals surface area contributed by atoms with Gasteiger partial charge < -0.3 is 19.9 Å². The lowest BCUT2D eigenvalue weighted by atomic mass is 10.2. The average molecular weight is 303 g/mol. The highest BCUT2D eigenvalue weighted by atomic mass is 19.1. The maximum absolute atomic E-state index is 13.3. The van der Waals surface area contributed by atoms with Gasteiger partial charge in [-0.1, -0.05) is 0 Å². The summed E-state index contributed by atoms with van der Waals surface area (Å²) in [5.74, 6) is -0.956. The van der Waals surface area contributed by atoms with E-state index in [1.165, 1.54) is 0 Å². The van der Waals surface area contributed by atoms with E-state index in [0.717, 1.165) is 18.2 Å². The zero-order valence-corrected chi connectivity index (χ0v) is 12.4. The summed E-state index contributed by atoms with van der Waals surface area (Å²) in [6.07, 6.45) is -0.554. The van der Waals surface area contributed by atoms with E-state index in [4.69, 9.17) is 9.47 Å². The lowest BCUT2D eigenvalue weighted by Gasteiger charge is -2.13. The summed E-state index contributed by atoms with van der Waals surface area (Å²) >= 11 is 0. The molecule has 0 aromatic heterocycles. The van der Waals surface area contributed by atoms with Gasteiger partial charge in [0, 0.05) is 18.7 Å². The van der Waals surface area contributed by atoms with E-state index in [1.807, 2.05) is 13.8 Å². The predicted molar refractivity (Wildman–Crippen MR) is 76.0 cm³/mol. The van der Waals surface area contributed by atoms with Crippen LogP contribution in [-0.2, 0) is 16.0 Å². The van der Waals surface area contributed by atoms with E-state index in [-0.39, 0.29) is 31.4 Å². The number of hydrogen-bond acceptors (Lipinski definition) is 4. The quantitative estimate of drug-likeness (QED) is 0.648. The van der Waals surface area contributed by atoms with E-state index in [1.54, 1.807) is 0 Å². The Kier molecular flexibility index (Phi) is 8.37. The standard InChI is InChI=1S/C15H23F2NO3/c1-11(2)21-6-5-20-10-14(19)9-18-8-12-7-13(16)3-4-15(12)17/h3-4,7,11,14,18-19H,5-6,8-10H2,1-2H3. The Bertz CT molecular complexity index is 416. The third-order valence-electron chi connectivity index (χ3n) is 2.69. The third kappa shape index (κ3) is 8.06. The number of benzene rings is 1. The molecule has 0 amide bonds. The molecule has 0 fully saturated rings. The van der Waals surface area contributed by atoms with Crippen LogP contribution < -0.4 is 5.32 Å². The molecule has 0 spiro atoms. The van der Waals surface area contributed by atoms with Crippen LogP contribution in [0.1, 0.15) is 19.4 Å².